The van der Waals surface area contributed by atoms with Gasteiger partial charge in [0, 0.05) is 18.8 Å². The summed E-state index contributed by atoms with van der Waals surface area (Å²) in [6.45, 7) is 3.26. The summed E-state index contributed by atoms with van der Waals surface area (Å²) in [4.78, 5) is 24.4. The van der Waals surface area contributed by atoms with Crippen LogP contribution >= 0.6 is 0 Å². The summed E-state index contributed by atoms with van der Waals surface area (Å²) in [7, 11) is 0. The van der Waals surface area contributed by atoms with Crippen LogP contribution in [0.4, 0.5) is 10.1 Å². The number of carbonyl (C=O) groups is 2. The summed E-state index contributed by atoms with van der Waals surface area (Å²) < 4.78 is 13.5. The van der Waals surface area contributed by atoms with Crippen molar-refractivity contribution in [2.24, 2.45) is 11.7 Å². The summed E-state index contributed by atoms with van der Waals surface area (Å²) in [5, 5.41) is 2.61. The Bertz CT molecular complexity index is 527. The first-order valence-corrected chi connectivity index (χ1v) is 7.18. The van der Waals surface area contributed by atoms with Gasteiger partial charge in [-0.15, -0.1) is 0 Å². The fraction of sp³-hybridized carbons (Fsp3) is 0.467. The highest BCUT2D eigenvalue weighted by atomic mass is 19.1. The molecule has 1 heterocycles. The summed E-state index contributed by atoms with van der Waals surface area (Å²) in [5.74, 6) is -1.01. The van der Waals surface area contributed by atoms with E-state index >= 15 is 0 Å². The molecule has 2 amide bonds. The lowest BCUT2D eigenvalue weighted by atomic mass is 9.95. The number of nitrogens with two attached hydrogens (primary N) is 1. The van der Waals surface area contributed by atoms with Crippen molar-refractivity contribution in [2.75, 3.05) is 18.4 Å². The minimum atomic E-state index is -0.444. The van der Waals surface area contributed by atoms with Crippen LogP contribution in [-0.2, 0) is 9.59 Å². The quantitative estimate of drug-likeness (QED) is 0.727. The lowest BCUT2D eigenvalue weighted by molar-refractivity contribution is -0.919. The van der Waals surface area contributed by atoms with E-state index in [1.165, 1.54) is 12.1 Å². The first kappa shape index (κ1) is 15.4. The number of anilines is 1. The zero-order valence-corrected chi connectivity index (χ0v) is 12.1. The number of hydrogen-bond acceptors (Lipinski definition) is 2. The van der Waals surface area contributed by atoms with Crippen LogP contribution in [0.15, 0.2) is 24.3 Å². The number of halogens is 1. The molecule has 21 heavy (non-hydrogen) atoms. The number of rotatable bonds is 4. The van der Waals surface area contributed by atoms with Gasteiger partial charge in [-0.1, -0.05) is 12.1 Å². The molecule has 0 spiro atoms. The summed E-state index contributed by atoms with van der Waals surface area (Å²) >= 11 is 0. The van der Waals surface area contributed by atoms with Gasteiger partial charge in [0.1, 0.15) is 5.82 Å². The molecule has 0 bridgehead atoms. The highest BCUT2D eigenvalue weighted by Gasteiger charge is 2.32. The second-order valence-electron chi connectivity index (χ2n) is 5.53. The molecule has 0 unspecified atom stereocenters. The van der Waals surface area contributed by atoms with E-state index in [-0.39, 0.29) is 29.5 Å². The van der Waals surface area contributed by atoms with Crippen molar-refractivity contribution < 1.29 is 18.9 Å². The van der Waals surface area contributed by atoms with Crippen LogP contribution in [0.5, 0.6) is 0 Å². The standard InChI is InChI=1S/C15H20FN3O2/c1-10(19-8-6-11(7-9-19)14(17)20)15(21)18-13-5-3-2-4-12(13)16/h2-5,10-11H,6-9H2,1H3,(H2,17,20)(H,18,21)/p+1/t10-/m1/s1. The van der Waals surface area contributed by atoms with Crippen molar-refractivity contribution in [3.8, 4) is 0 Å². The van der Waals surface area contributed by atoms with Gasteiger partial charge in [0.25, 0.3) is 5.91 Å². The normalized spacial score (nSPS) is 23.3. The molecule has 1 atom stereocenters. The van der Waals surface area contributed by atoms with E-state index in [0.29, 0.717) is 12.8 Å². The number of carbonyl (C=O) groups excluding carboxylic acids is 2. The van der Waals surface area contributed by atoms with Crippen LogP contribution in [0.2, 0.25) is 0 Å². The van der Waals surface area contributed by atoms with Crippen LogP contribution in [0, 0.1) is 11.7 Å². The molecule has 1 aromatic rings. The van der Waals surface area contributed by atoms with Crippen molar-refractivity contribution in [1.29, 1.82) is 0 Å². The Morgan fingerprint density at radius 1 is 1.33 bits per heavy atom. The highest BCUT2D eigenvalue weighted by molar-refractivity contribution is 5.93. The molecule has 5 nitrogen and oxygen atoms in total. The SMILES string of the molecule is C[C@H](C(=O)Nc1ccccc1F)[NH+]1CCC(C(N)=O)CC1. The van der Waals surface area contributed by atoms with Gasteiger partial charge in [-0.05, 0) is 19.1 Å². The minimum absolute atomic E-state index is 0.0874. The Labute approximate surface area is 123 Å². The van der Waals surface area contributed by atoms with Crippen molar-refractivity contribution in [2.45, 2.75) is 25.8 Å². The van der Waals surface area contributed by atoms with Gasteiger partial charge in [0.05, 0.1) is 18.8 Å². The number of hydrogen-bond donors (Lipinski definition) is 3. The number of primary amides is 1. The molecule has 1 aliphatic rings. The van der Waals surface area contributed by atoms with Crippen LogP contribution in [-0.4, -0.2) is 30.9 Å². The number of para-hydroxylation sites is 1. The third kappa shape index (κ3) is 3.78. The molecular formula is C15H21FN3O2+. The zero-order chi connectivity index (χ0) is 15.4. The smallest absolute Gasteiger partial charge is 0.282 e. The Kier molecular flexibility index (Phi) is 4.90. The number of likely N-dealkylation sites (tertiary alicyclic amines) is 1. The lowest BCUT2D eigenvalue weighted by Gasteiger charge is -2.31. The zero-order valence-electron chi connectivity index (χ0n) is 12.1. The average molecular weight is 294 g/mol. The maximum atomic E-state index is 13.5. The second-order valence-corrected chi connectivity index (χ2v) is 5.53. The Balaban J connectivity index is 1.92. The predicted octanol–water partition coefficient (Wildman–Crippen LogP) is -0.0671. The molecule has 1 aromatic carbocycles. The Hall–Kier alpha value is -1.95. The van der Waals surface area contributed by atoms with Crippen molar-refractivity contribution >= 4 is 17.5 Å². The van der Waals surface area contributed by atoms with Gasteiger partial charge in [0.2, 0.25) is 5.91 Å². The number of amides is 2. The topological polar surface area (TPSA) is 76.6 Å². The van der Waals surface area contributed by atoms with Crippen LogP contribution in [0.3, 0.4) is 0 Å². The number of benzene rings is 1. The van der Waals surface area contributed by atoms with E-state index in [1.54, 1.807) is 12.1 Å². The van der Waals surface area contributed by atoms with E-state index in [4.69, 9.17) is 5.73 Å². The molecular weight excluding hydrogens is 273 g/mol. The van der Waals surface area contributed by atoms with Crippen LogP contribution in [0.25, 0.3) is 0 Å². The van der Waals surface area contributed by atoms with E-state index in [9.17, 15) is 14.0 Å². The third-order valence-electron chi connectivity index (χ3n) is 4.17. The van der Waals surface area contributed by atoms with Crippen molar-refractivity contribution in [3.63, 3.8) is 0 Å². The van der Waals surface area contributed by atoms with E-state index in [0.717, 1.165) is 18.0 Å². The number of nitrogens with one attached hydrogen (secondary N) is 2. The molecule has 6 heteroatoms. The van der Waals surface area contributed by atoms with Crippen molar-refractivity contribution in [3.05, 3.63) is 30.1 Å². The van der Waals surface area contributed by atoms with Gasteiger partial charge < -0.3 is 16.0 Å². The summed E-state index contributed by atoms with van der Waals surface area (Å²) in [6, 6.07) is 5.81. The molecule has 4 N–H and O–H groups in total. The first-order valence-electron chi connectivity index (χ1n) is 7.18. The van der Waals surface area contributed by atoms with E-state index < -0.39 is 5.82 Å². The molecule has 2 rings (SSSR count). The lowest BCUT2D eigenvalue weighted by Crippen LogP contribution is -3.17. The second kappa shape index (κ2) is 6.67. The molecule has 1 aliphatic heterocycles. The van der Waals surface area contributed by atoms with Gasteiger partial charge in [-0.2, -0.15) is 0 Å². The first-order chi connectivity index (χ1) is 9.99. The van der Waals surface area contributed by atoms with Crippen molar-refractivity contribution in [1.82, 2.24) is 0 Å². The Morgan fingerprint density at radius 3 is 2.52 bits per heavy atom. The third-order valence-corrected chi connectivity index (χ3v) is 4.17. The van der Waals surface area contributed by atoms with E-state index in [1.807, 2.05) is 6.92 Å². The largest absolute Gasteiger partial charge is 0.369 e. The van der Waals surface area contributed by atoms with Gasteiger partial charge in [-0.25, -0.2) is 4.39 Å². The van der Waals surface area contributed by atoms with Crippen LogP contribution in [0.1, 0.15) is 19.8 Å². The monoisotopic (exact) mass is 294 g/mol. The molecule has 0 saturated carbocycles. The molecule has 114 valence electrons. The molecule has 0 aromatic heterocycles. The fourth-order valence-electron chi connectivity index (χ4n) is 2.70. The summed E-state index contributed by atoms with van der Waals surface area (Å²) in [5.41, 5.74) is 5.49. The fourth-order valence-corrected chi connectivity index (χ4v) is 2.70. The molecule has 1 fully saturated rings. The molecule has 0 aliphatic carbocycles. The number of piperidine rings is 1. The number of quaternary nitrogens is 1. The van der Waals surface area contributed by atoms with E-state index in [2.05, 4.69) is 5.32 Å². The average Bonchev–Trinajstić information content (AvgIpc) is 2.49. The molecule has 1 saturated heterocycles. The van der Waals surface area contributed by atoms with Gasteiger partial charge in [0.15, 0.2) is 6.04 Å². The minimum Gasteiger partial charge on any atom is -0.369 e. The van der Waals surface area contributed by atoms with Gasteiger partial charge >= 0.3 is 0 Å². The highest BCUT2D eigenvalue weighted by Crippen LogP contribution is 2.13. The van der Waals surface area contributed by atoms with Crippen LogP contribution < -0.4 is 16.0 Å². The van der Waals surface area contributed by atoms with Gasteiger partial charge in [-0.3, -0.25) is 9.59 Å². The maximum absolute atomic E-state index is 13.5. The summed E-state index contributed by atoms with van der Waals surface area (Å²) in [6.07, 6.45) is 1.39. The predicted molar refractivity (Wildman–Crippen MR) is 77.1 cm³/mol. The molecule has 0 radical (unpaired) electrons. The maximum Gasteiger partial charge on any atom is 0.282 e. The Morgan fingerprint density at radius 2 is 1.95 bits per heavy atom.